The maximum Gasteiger partial charge on any atom is 0.416 e. The Labute approximate surface area is 122 Å². The predicted octanol–water partition coefficient (Wildman–Crippen LogP) is 4.62. The lowest BCUT2D eigenvalue weighted by molar-refractivity contribution is -0.137. The largest absolute Gasteiger partial charge is 0.416 e. The summed E-state index contributed by atoms with van der Waals surface area (Å²) in [6.07, 6.45) is 2.26. The van der Waals surface area contributed by atoms with Crippen LogP contribution in [0.3, 0.4) is 0 Å². The smallest absolute Gasteiger partial charge is 0.397 e. The number of hydrogen-bond donors (Lipinski definition) is 2. The molecule has 0 unspecified atom stereocenters. The van der Waals surface area contributed by atoms with Crippen LogP contribution in [0.5, 0.6) is 0 Å². The van der Waals surface area contributed by atoms with Crippen LogP contribution in [0.1, 0.15) is 31.2 Å². The highest BCUT2D eigenvalue weighted by atomic mass is 32.2. The summed E-state index contributed by atoms with van der Waals surface area (Å²) in [6, 6.07) is 3.42. The maximum absolute atomic E-state index is 12.5. The Morgan fingerprint density at radius 2 is 1.85 bits per heavy atom. The lowest BCUT2D eigenvalue weighted by Crippen LogP contribution is -2.08. The summed E-state index contributed by atoms with van der Waals surface area (Å²) in [5.74, 6) is 1.18. The SMILES string of the molecule is CSCCCCCCNc1ccc(C(F)(F)F)cc1N. The van der Waals surface area contributed by atoms with Crippen LogP contribution < -0.4 is 11.1 Å². The zero-order chi connectivity index (χ0) is 15.0. The summed E-state index contributed by atoms with van der Waals surface area (Å²) in [7, 11) is 0. The van der Waals surface area contributed by atoms with E-state index in [0.29, 0.717) is 5.69 Å². The molecular weight excluding hydrogens is 285 g/mol. The number of unbranched alkanes of at least 4 members (excludes halogenated alkanes) is 3. The van der Waals surface area contributed by atoms with Gasteiger partial charge in [0.05, 0.1) is 16.9 Å². The van der Waals surface area contributed by atoms with Crippen molar-refractivity contribution in [3.63, 3.8) is 0 Å². The topological polar surface area (TPSA) is 38.0 Å². The summed E-state index contributed by atoms with van der Waals surface area (Å²) in [6.45, 7) is 0.731. The van der Waals surface area contributed by atoms with Gasteiger partial charge in [-0.05, 0) is 43.0 Å². The number of halogens is 3. The Hall–Kier alpha value is -1.04. The van der Waals surface area contributed by atoms with Crippen molar-refractivity contribution < 1.29 is 13.2 Å². The first kappa shape index (κ1) is 17.0. The molecule has 0 bridgehead atoms. The number of nitrogen functional groups attached to an aromatic ring is 1. The van der Waals surface area contributed by atoms with E-state index in [9.17, 15) is 13.2 Å². The van der Waals surface area contributed by atoms with Gasteiger partial charge in [-0.25, -0.2) is 0 Å². The molecular formula is C14H21F3N2S. The molecule has 0 spiro atoms. The van der Waals surface area contributed by atoms with Gasteiger partial charge in [-0.3, -0.25) is 0 Å². The Morgan fingerprint density at radius 1 is 1.15 bits per heavy atom. The maximum atomic E-state index is 12.5. The minimum Gasteiger partial charge on any atom is -0.397 e. The van der Waals surface area contributed by atoms with Gasteiger partial charge in [0.15, 0.2) is 0 Å². The van der Waals surface area contributed by atoms with E-state index < -0.39 is 11.7 Å². The van der Waals surface area contributed by atoms with Crippen LogP contribution in [0.2, 0.25) is 0 Å². The molecule has 114 valence electrons. The highest BCUT2D eigenvalue weighted by Gasteiger charge is 2.30. The van der Waals surface area contributed by atoms with Gasteiger partial charge in [-0.2, -0.15) is 24.9 Å². The third-order valence-corrected chi connectivity index (χ3v) is 3.67. The van der Waals surface area contributed by atoms with Crippen molar-refractivity contribution in [2.75, 3.05) is 29.6 Å². The summed E-state index contributed by atoms with van der Waals surface area (Å²) >= 11 is 1.84. The molecule has 0 aliphatic heterocycles. The minimum atomic E-state index is -4.34. The van der Waals surface area contributed by atoms with E-state index in [1.807, 2.05) is 11.8 Å². The van der Waals surface area contributed by atoms with Crippen molar-refractivity contribution in [2.24, 2.45) is 0 Å². The second-order valence-electron chi connectivity index (χ2n) is 4.63. The third-order valence-electron chi connectivity index (χ3n) is 2.97. The Kier molecular flexibility index (Phi) is 7.05. The summed E-state index contributed by atoms with van der Waals surface area (Å²) in [5, 5.41) is 3.08. The van der Waals surface area contributed by atoms with Crippen LogP contribution in [-0.4, -0.2) is 18.6 Å². The minimum absolute atomic E-state index is 0.141. The van der Waals surface area contributed by atoms with Crippen molar-refractivity contribution in [2.45, 2.75) is 31.9 Å². The van der Waals surface area contributed by atoms with E-state index >= 15 is 0 Å². The number of nitrogens with two attached hydrogens (primary N) is 1. The molecule has 0 radical (unpaired) electrons. The van der Waals surface area contributed by atoms with Gasteiger partial charge in [-0.15, -0.1) is 0 Å². The Morgan fingerprint density at radius 3 is 2.45 bits per heavy atom. The Balaban J connectivity index is 2.34. The molecule has 0 aliphatic rings. The van der Waals surface area contributed by atoms with Crippen molar-refractivity contribution in [1.29, 1.82) is 0 Å². The first-order valence-corrected chi connectivity index (χ1v) is 8.04. The molecule has 1 rings (SSSR count). The number of benzene rings is 1. The van der Waals surface area contributed by atoms with E-state index in [1.54, 1.807) is 0 Å². The molecule has 1 aromatic carbocycles. The molecule has 0 atom stereocenters. The summed E-state index contributed by atoms with van der Waals surface area (Å²) < 4.78 is 37.4. The zero-order valence-corrected chi connectivity index (χ0v) is 12.4. The predicted molar refractivity (Wildman–Crippen MR) is 81.2 cm³/mol. The summed E-state index contributed by atoms with van der Waals surface area (Å²) in [4.78, 5) is 0. The average Bonchev–Trinajstić information content (AvgIpc) is 2.38. The molecule has 6 heteroatoms. The number of rotatable bonds is 8. The van der Waals surface area contributed by atoms with Crippen LogP contribution >= 0.6 is 11.8 Å². The van der Waals surface area contributed by atoms with Crippen LogP contribution in [0.15, 0.2) is 18.2 Å². The first-order valence-electron chi connectivity index (χ1n) is 6.64. The molecule has 0 saturated carbocycles. The summed E-state index contributed by atoms with van der Waals surface area (Å²) in [5.41, 5.74) is 5.64. The van der Waals surface area contributed by atoms with Crippen LogP contribution in [0.4, 0.5) is 24.5 Å². The van der Waals surface area contributed by atoms with Gasteiger partial charge in [0.1, 0.15) is 0 Å². The molecule has 0 aliphatic carbocycles. The van der Waals surface area contributed by atoms with E-state index in [2.05, 4.69) is 11.6 Å². The van der Waals surface area contributed by atoms with Gasteiger partial charge in [0.2, 0.25) is 0 Å². The van der Waals surface area contributed by atoms with E-state index in [-0.39, 0.29) is 5.69 Å². The monoisotopic (exact) mass is 306 g/mol. The van der Waals surface area contributed by atoms with Gasteiger partial charge in [0, 0.05) is 6.54 Å². The number of anilines is 2. The first-order chi connectivity index (χ1) is 9.45. The fraction of sp³-hybridized carbons (Fsp3) is 0.571. The molecule has 1 aromatic rings. The highest BCUT2D eigenvalue weighted by molar-refractivity contribution is 7.98. The van der Waals surface area contributed by atoms with E-state index in [0.717, 1.165) is 31.5 Å². The zero-order valence-electron chi connectivity index (χ0n) is 11.6. The number of nitrogens with one attached hydrogen (secondary N) is 1. The lowest BCUT2D eigenvalue weighted by Gasteiger charge is -2.12. The number of hydrogen-bond acceptors (Lipinski definition) is 3. The molecule has 20 heavy (non-hydrogen) atoms. The van der Waals surface area contributed by atoms with Gasteiger partial charge in [0.25, 0.3) is 0 Å². The Bertz CT molecular complexity index is 408. The van der Waals surface area contributed by atoms with E-state index in [1.165, 1.54) is 24.7 Å². The van der Waals surface area contributed by atoms with Crippen molar-refractivity contribution in [3.8, 4) is 0 Å². The van der Waals surface area contributed by atoms with Crippen LogP contribution in [-0.2, 0) is 6.18 Å². The number of alkyl halides is 3. The standard InChI is InChI=1S/C14H21F3N2S/c1-20-9-5-3-2-4-8-19-13-7-6-11(10-12(13)18)14(15,16)17/h6-7,10,19H,2-5,8-9,18H2,1H3. The molecule has 0 amide bonds. The van der Waals surface area contributed by atoms with Gasteiger partial charge >= 0.3 is 6.18 Å². The fourth-order valence-corrected chi connectivity index (χ4v) is 2.34. The third kappa shape index (κ3) is 5.94. The number of thioether (sulfide) groups is 1. The average molecular weight is 306 g/mol. The molecule has 0 heterocycles. The molecule has 0 saturated heterocycles. The van der Waals surface area contributed by atoms with Crippen molar-refractivity contribution in [1.82, 2.24) is 0 Å². The van der Waals surface area contributed by atoms with Crippen LogP contribution in [0, 0.1) is 0 Å². The molecule has 3 N–H and O–H groups in total. The second-order valence-corrected chi connectivity index (χ2v) is 5.62. The van der Waals surface area contributed by atoms with Gasteiger partial charge < -0.3 is 11.1 Å². The highest BCUT2D eigenvalue weighted by Crippen LogP contribution is 2.32. The fourth-order valence-electron chi connectivity index (χ4n) is 1.85. The molecule has 0 fully saturated rings. The lowest BCUT2D eigenvalue weighted by atomic mass is 10.1. The van der Waals surface area contributed by atoms with E-state index in [4.69, 9.17) is 5.73 Å². The van der Waals surface area contributed by atoms with Crippen LogP contribution in [0.25, 0.3) is 0 Å². The van der Waals surface area contributed by atoms with Gasteiger partial charge in [-0.1, -0.05) is 12.8 Å². The normalized spacial score (nSPS) is 11.6. The van der Waals surface area contributed by atoms with Crippen molar-refractivity contribution >= 4 is 23.1 Å². The molecule has 2 nitrogen and oxygen atoms in total. The quantitative estimate of drug-likeness (QED) is 0.543. The van der Waals surface area contributed by atoms with Crippen molar-refractivity contribution in [3.05, 3.63) is 23.8 Å². The second kappa shape index (κ2) is 8.29. The molecule has 0 aromatic heterocycles.